The quantitative estimate of drug-likeness (QED) is 0.572. The van der Waals surface area contributed by atoms with E-state index >= 15 is 0 Å². The lowest BCUT2D eigenvalue weighted by Gasteiger charge is -2.22. The van der Waals surface area contributed by atoms with Gasteiger partial charge < -0.3 is 5.32 Å². The number of hydrogen-bond acceptors (Lipinski definition) is 4. The highest BCUT2D eigenvalue weighted by Crippen LogP contribution is 2.20. The van der Waals surface area contributed by atoms with Crippen molar-refractivity contribution in [2.45, 2.75) is 19.1 Å². The number of benzene rings is 2. The third-order valence-electron chi connectivity index (χ3n) is 4.19. The summed E-state index contributed by atoms with van der Waals surface area (Å²) in [4.78, 5) is 12.1. The first kappa shape index (κ1) is 23.2. The van der Waals surface area contributed by atoms with Gasteiger partial charge in [-0.1, -0.05) is 24.3 Å². The highest BCUT2D eigenvalue weighted by molar-refractivity contribution is 7.98. The molecule has 29 heavy (non-hydrogen) atoms. The molecule has 9 heteroatoms. The lowest BCUT2D eigenvalue weighted by Crippen LogP contribution is -2.40. The number of carbonyl (C=O) groups is 1. The van der Waals surface area contributed by atoms with Crippen LogP contribution in [0.25, 0.3) is 0 Å². The van der Waals surface area contributed by atoms with Gasteiger partial charge >= 0.3 is 0 Å². The van der Waals surface area contributed by atoms with Crippen molar-refractivity contribution in [2.75, 3.05) is 29.4 Å². The maximum Gasteiger partial charge on any atom is 0.240 e. The number of nitrogens with one attached hydrogen (secondary N) is 1. The Morgan fingerprint density at radius 2 is 1.86 bits per heavy atom. The number of hydrogen-bond donors (Lipinski definition) is 1. The molecule has 2 aromatic carbocycles. The van der Waals surface area contributed by atoms with Crippen LogP contribution < -0.4 is 9.62 Å². The minimum absolute atomic E-state index is 0.102. The van der Waals surface area contributed by atoms with Crippen LogP contribution in [0.1, 0.15) is 17.5 Å². The summed E-state index contributed by atoms with van der Waals surface area (Å²) in [5.41, 5.74) is 2.42. The number of thioether (sulfide) groups is 1. The van der Waals surface area contributed by atoms with Gasteiger partial charge in [-0.05, 0) is 42.4 Å². The predicted molar refractivity (Wildman–Crippen MR) is 114 cm³/mol. The van der Waals surface area contributed by atoms with E-state index in [1.807, 2.05) is 12.1 Å². The minimum atomic E-state index is -3.84. The van der Waals surface area contributed by atoms with Crippen LogP contribution in [0.5, 0.6) is 0 Å². The molecule has 158 valence electrons. The molecule has 0 heterocycles. The van der Waals surface area contributed by atoms with Gasteiger partial charge in [0.25, 0.3) is 0 Å². The molecule has 0 aliphatic rings. The van der Waals surface area contributed by atoms with Gasteiger partial charge in [0.1, 0.15) is 6.54 Å². The fraction of sp³-hybridized carbons (Fsp3) is 0.350. The Bertz CT molecular complexity index is 952. The van der Waals surface area contributed by atoms with Gasteiger partial charge in [-0.3, -0.25) is 9.10 Å². The molecule has 2 rings (SSSR count). The molecule has 0 aliphatic carbocycles. The Morgan fingerprint density at radius 1 is 1.14 bits per heavy atom. The van der Waals surface area contributed by atoms with E-state index in [1.54, 1.807) is 11.8 Å². The van der Waals surface area contributed by atoms with E-state index in [0.717, 1.165) is 46.7 Å². The standard InChI is InChI=1S/C20H24F2N2O3S2/c1-15-6-3-4-7-16(15)14-28-11-5-10-23-20(25)13-24(29(2,26)27)17-8-9-18(21)19(22)12-17/h3-4,6-9,12H,5,10-11,13-14H2,1-2H3,(H,23,25). The summed E-state index contributed by atoms with van der Waals surface area (Å²) in [5.74, 6) is -1.05. The first-order valence-corrected chi connectivity index (χ1v) is 12.0. The largest absolute Gasteiger partial charge is 0.354 e. The van der Waals surface area contributed by atoms with Gasteiger partial charge in [-0.25, -0.2) is 17.2 Å². The van der Waals surface area contributed by atoms with Gasteiger partial charge in [0.15, 0.2) is 11.6 Å². The second-order valence-electron chi connectivity index (χ2n) is 6.55. The molecule has 2 aromatic rings. The number of halogens is 2. The van der Waals surface area contributed by atoms with Crippen molar-refractivity contribution in [2.24, 2.45) is 0 Å². The molecule has 0 saturated carbocycles. The fourth-order valence-electron chi connectivity index (χ4n) is 2.58. The van der Waals surface area contributed by atoms with Crippen molar-refractivity contribution in [3.63, 3.8) is 0 Å². The monoisotopic (exact) mass is 442 g/mol. The van der Waals surface area contributed by atoms with E-state index in [0.29, 0.717) is 6.54 Å². The smallest absolute Gasteiger partial charge is 0.240 e. The summed E-state index contributed by atoms with van der Waals surface area (Å²) in [7, 11) is -3.84. The number of nitrogens with zero attached hydrogens (tertiary/aromatic N) is 1. The summed E-state index contributed by atoms with van der Waals surface area (Å²) in [6.45, 7) is 1.96. The van der Waals surface area contributed by atoms with Crippen LogP contribution in [0, 0.1) is 18.6 Å². The number of amides is 1. The van der Waals surface area contributed by atoms with Crippen molar-refractivity contribution in [1.82, 2.24) is 5.32 Å². The van der Waals surface area contributed by atoms with Crippen LogP contribution in [-0.4, -0.2) is 39.4 Å². The predicted octanol–water partition coefficient (Wildman–Crippen LogP) is 3.48. The Balaban J connectivity index is 1.80. The Labute approximate surface area is 174 Å². The van der Waals surface area contributed by atoms with Crippen LogP contribution in [0.3, 0.4) is 0 Å². The molecule has 0 saturated heterocycles. The zero-order valence-electron chi connectivity index (χ0n) is 16.3. The number of carbonyl (C=O) groups excluding carboxylic acids is 1. The summed E-state index contributed by atoms with van der Waals surface area (Å²) >= 11 is 1.76. The average molecular weight is 443 g/mol. The molecule has 1 amide bonds. The lowest BCUT2D eigenvalue weighted by atomic mass is 10.1. The van der Waals surface area contributed by atoms with Crippen molar-refractivity contribution in [3.8, 4) is 0 Å². The third-order valence-corrected chi connectivity index (χ3v) is 6.42. The third kappa shape index (κ3) is 7.32. The van der Waals surface area contributed by atoms with Crippen LogP contribution in [-0.2, 0) is 20.6 Å². The van der Waals surface area contributed by atoms with E-state index in [2.05, 4.69) is 24.4 Å². The molecule has 1 N–H and O–H groups in total. The summed E-state index contributed by atoms with van der Waals surface area (Å²) in [5, 5.41) is 2.66. The fourth-order valence-corrected chi connectivity index (χ4v) is 4.47. The van der Waals surface area contributed by atoms with Crippen molar-refractivity contribution in [3.05, 3.63) is 65.2 Å². The molecule has 5 nitrogen and oxygen atoms in total. The molecule has 0 unspecified atom stereocenters. The van der Waals surface area contributed by atoms with Crippen LogP contribution in [0.2, 0.25) is 0 Å². The SMILES string of the molecule is Cc1ccccc1CSCCCNC(=O)CN(c1ccc(F)c(F)c1)S(C)(=O)=O. The van der Waals surface area contributed by atoms with Gasteiger partial charge in [0.05, 0.1) is 11.9 Å². The summed E-state index contributed by atoms with van der Waals surface area (Å²) in [6.07, 6.45) is 1.64. The van der Waals surface area contributed by atoms with Crippen molar-refractivity contribution < 1.29 is 22.0 Å². The van der Waals surface area contributed by atoms with Crippen LogP contribution in [0.4, 0.5) is 14.5 Å². The molecule has 0 aliphatic heterocycles. The number of anilines is 1. The molecule has 0 spiro atoms. The summed E-state index contributed by atoms with van der Waals surface area (Å²) in [6, 6.07) is 10.9. The van der Waals surface area contributed by atoms with Crippen molar-refractivity contribution >= 4 is 33.4 Å². The minimum Gasteiger partial charge on any atom is -0.354 e. The Morgan fingerprint density at radius 3 is 2.52 bits per heavy atom. The van der Waals surface area contributed by atoms with Crippen molar-refractivity contribution in [1.29, 1.82) is 0 Å². The van der Waals surface area contributed by atoms with E-state index in [-0.39, 0.29) is 5.69 Å². The maximum absolute atomic E-state index is 13.4. The second kappa shape index (κ2) is 10.6. The van der Waals surface area contributed by atoms with Crippen LogP contribution in [0.15, 0.2) is 42.5 Å². The summed E-state index contributed by atoms with van der Waals surface area (Å²) < 4.78 is 51.2. The first-order chi connectivity index (χ1) is 13.7. The second-order valence-corrected chi connectivity index (χ2v) is 9.56. The Hall–Kier alpha value is -2.13. The van der Waals surface area contributed by atoms with Gasteiger partial charge in [0.2, 0.25) is 15.9 Å². The Kier molecular flexibility index (Phi) is 8.45. The first-order valence-electron chi connectivity index (χ1n) is 9.00. The van der Waals surface area contributed by atoms with Gasteiger partial charge in [0, 0.05) is 18.4 Å². The molecular formula is C20H24F2N2O3S2. The van der Waals surface area contributed by atoms with E-state index < -0.39 is 34.1 Å². The van der Waals surface area contributed by atoms with Gasteiger partial charge in [-0.15, -0.1) is 0 Å². The molecule has 0 bridgehead atoms. The van der Waals surface area contributed by atoms with E-state index in [1.165, 1.54) is 11.1 Å². The normalized spacial score (nSPS) is 11.3. The van der Waals surface area contributed by atoms with Crippen LogP contribution >= 0.6 is 11.8 Å². The zero-order chi connectivity index (χ0) is 21.4. The molecule has 0 atom stereocenters. The maximum atomic E-state index is 13.4. The number of rotatable bonds is 10. The van der Waals surface area contributed by atoms with E-state index in [9.17, 15) is 22.0 Å². The zero-order valence-corrected chi connectivity index (χ0v) is 18.0. The lowest BCUT2D eigenvalue weighted by molar-refractivity contribution is -0.119. The number of sulfonamides is 1. The molecule has 0 radical (unpaired) electrons. The van der Waals surface area contributed by atoms with Gasteiger partial charge in [-0.2, -0.15) is 11.8 Å². The number of aryl methyl sites for hydroxylation is 1. The highest BCUT2D eigenvalue weighted by Gasteiger charge is 2.21. The molecule has 0 fully saturated rings. The molecular weight excluding hydrogens is 418 g/mol. The average Bonchev–Trinajstić information content (AvgIpc) is 2.65. The highest BCUT2D eigenvalue weighted by atomic mass is 32.2. The van der Waals surface area contributed by atoms with E-state index in [4.69, 9.17) is 0 Å². The topological polar surface area (TPSA) is 66.5 Å². The molecule has 0 aromatic heterocycles.